The number of hydrogen-bond acceptors (Lipinski definition) is 3. The van der Waals surface area contributed by atoms with E-state index in [1.54, 1.807) is 0 Å². The van der Waals surface area contributed by atoms with Crippen LogP contribution < -0.4 is 5.56 Å². The van der Waals surface area contributed by atoms with Gasteiger partial charge in [0.25, 0.3) is 6.43 Å². The van der Waals surface area contributed by atoms with Gasteiger partial charge in [0.05, 0.1) is 10.4 Å². The Morgan fingerprint density at radius 2 is 2.11 bits per heavy atom. The first-order chi connectivity index (χ1) is 8.49. The molecule has 2 rings (SSSR count). The minimum absolute atomic E-state index is 0.146. The molecule has 2 N–H and O–H groups in total. The van der Waals surface area contributed by atoms with Gasteiger partial charge in [-0.15, -0.1) is 11.3 Å². The zero-order valence-electron chi connectivity index (χ0n) is 8.81. The number of carboxylic acids is 1. The number of halogens is 2. The highest BCUT2D eigenvalue weighted by molar-refractivity contribution is 7.10. The smallest absolute Gasteiger partial charge is 0.336 e. The van der Waals surface area contributed by atoms with Gasteiger partial charge < -0.3 is 10.1 Å². The van der Waals surface area contributed by atoms with E-state index in [2.05, 4.69) is 4.98 Å². The first kappa shape index (κ1) is 12.4. The monoisotopic (exact) mass is 271 g/mol. The number of H-pyrrole nitrogens is 1. The van der Waals surface area contributed by atoms with Gasteiger partial charge in [-0.05, 0) is 17.0 Å². The van der Waals surface area contributed by atoms with Crippen molar-refractivity contribution in [3.8, 4) is 11.1 Å². The largest absolute Gasteiger partial charge is 0.478 e. The molecule has 0 aliphatic carbocycles. The van der Waals surface area contributed by atoms with E-state index < -0.39 is 18.0 Å². The lowest BCUT2D eigenvalue weighted by molar-refractivity contribution is 0.0697. The molecule has 2 aromatic rings. The van der Waals surface area contributed by atoms with Crippen LogP contribution in [0.2, 0.25) is 0 Å². The Kier molecular flexibility index (Phi) is 3.24. The number of carboxylic acid groups (broad SMARTS) is 1. The molecule has 0 aliphatic heterocycles. The third kappa shape index (κ3) is 2.30. The third-order valence-corrected chi connectivity index (χ3v) is 3.24. The number of hydrogen-bond donors (Lipinski definition) is 2. The topological polar surface area (TPSA) is 70.2 Å². The normalized spacial score (nSPS) is 10.8. The molecule has 0 unspecified atom stereocenters. The number of aromatic carboxylic acids is 1. The van der Waals surface area contributed by atoms with Crippen molar-refractivity contribution in [2.75, 3.05) is 0 Å². The molecule has 0 radical (unpaired) electrons. The number of pyridine rings is 1. The molecule has 94 valence electrons. The summed E-state index contributed by atoms with van der Waals surface area (Å²) in [6, 6.07) is 2.15. The lowest BCUT2D eigenvalue weighted by Gasteiger charge is -2.02. The Morgan fingerprint density at radius 1 is 1.39 bits per heavy atom. The zero-order chi connectivity index (χ0) is 13.3. The highest BCUT2D eigenvalue weighted by Gasteiger charge is 2.16. The summed E-state index contributed by atoms with van der Waals surface area (Å²) < 4.78 is 24.9. The van der Waals surface area contributed by atoms with Crippen LogP contribution in [0, 0.1) is 0 Å². The molecule has 0 fully saturated rings. The first-order valence-corrected chi connectivity index (χ1v) is 5.70. The fourth-order valence-electron chi connectivity index (χ4n) is 1.50. The van der Waals surface area contributed by atoms with Crippen LogP contribution in [0.4, 0.5) is 8.78 Å². The van der Waals surface area contributed by atoms with Crippen LogP contribution in [0.25, 0.3) is 11.1 Å². The molecule has 0 saturated heterocycles. The standard InChI is InChI=1S/C11H7F2NO3S/c12-10(13)8-1-5(4-18-8)7-3-14-9(15)2-6(7)11(16)17/h1-4,10H,(H,14,15)(H,16,17). The third-order valence-electron chi connectivity index (χ3n) is 2.30. The maximum atomic E-state index is 12.5. The first-order valence-electron chi connectivity index (χ1n) is 4.82. The number of thiophene rings is 1. The van der Waals surface area contributed by atoms with Crippen LogP contribution in [0.3, 0.4) is 0 Å². The number of carbonyl (C=O) groups is 1. The van der Waals surface area contributed by atoms with Crippen molar-refractivity contribution < 1.29 is 18.7 Å². The van der Waals surface area contributed by atoms with Crippen molar-refractivity contribution in [3.63, 3.8) is 0 Å². The van der Waals surface area contributed by atoms with Crippen LogP contribution >= 0.6 is 11.3 Å². The van der Waals surface area contributed by atoms with Gasteiger partial charge in [0.2, 0.25) is 5.56 Å². The molecule has 4 nitrogen and oxygen atoms in total. The summed E-state index contributed by atoms with van der Waals surface area (Å²) in [5, 5.41) is 10.4. The molecule has 0 atom stereocenters. The number of nitrogens with one attached hydrogen (secondary N) is 1. The van der Waals surface area contributed by atoms with Crippen LogP contribution in [-0.2, 0) is 0 Å². The molecule has 2 heterocycles. The van der Waals surface area contributed by atoms with Crippen LogP contribution in [0.15, 0.2) is 28.5 Å². The minimum Gasteiger partial charge on any atom is -0.478 e. The van der Waals surface area contributed by atoms with Gasteiger partial charge in [0.15, 0.2) is 0 Å². The average molecular weight is 271 g/mol. The van der Waals surface area contributed by atoms with E-state index in [9.17, 15) is 18.4 Å². The van der Waals surface area contributed by atoms with E-state index in [0.29, 0.717) is 5.56 Å². The second-order valence-electron chi connectivity index (χ2n) is 3.47. The average Bonchev–Trinajstić information content (AvgIpc) is 2.78. The fraction of sp³-hybridized carbons (Fsp3) is 0.0909. The molecule has 0 aromatic carbocycles. The summed E-state index contributed by atoms with van der Waals surface area (Å²) in [6.45, 7) is 0. The second-order valence-corrected chi connectivity index (χ2v) is 4.41. The zero-order valence-corrected chi connectivity index (χ0v) is 9.63. The van der Waals surface area contributed by atoms with Gasteiger partial charge in [-0.3, -0.25) is 4.79 Å². The summed E-state index contributed by atoms with van der Waals surface area (Å²) in [6.07, 6.45) is -1.39. The summed E-state index contributed by atoms with van der Waals surface area (Å²) in [4.78, 5) is 24.2. The van der Waals surface area contributed by atoms with Crippen molar-refractivity contribution in [1.82, 2.24) is 4.98 Å². The molecular weight excluding hydrogens is 264 g/mol. The lowest BCUT2D eigenvalue weighted by Crippen LogP contribution is -2.10. The Hall–Kier alpha value is -2.02. The van der Waals surface area contributed by atoms with E-state index in [4.69, 9.17) is 5.11 Å². The minimum atomic E-state index is -2.60. The Balaban J connectivity index is 2.56. The van der Waals surface area contributed by atoms with Gasteiger partial charge in [0, 0.05) is 17.8 Å². The maximum Gasteiger partial charge on any atom is 0.336 e. The second kappa shape index (κ2) is 4.69. The van der Waals surface area contributed by atoms with Gasteiger partial charge in [-0.2, -0.15) is 0 Å². The molecule has 0 aliphatic rings. The molecule has 0 saturated carbocycles. The van der Waals surface area contributed by atoms with Gasteiger partial charge >= 0.3 is 5.97 Å². The van der Waals surface area contributed by atoms with E-state index in [1.165, 1.54) is 17.6 Å². The van der Waals surface area contributed by atoms with E-state index in [-0.39, 0.29) is 16.0 Å². The summed E-state index contributed by atoms with van der Waals surface area (Å²) >= 11 is 0.842. The molecule has 7 heteroatoms. The van der Waals surface area contributed by atoms with Crippen molar-refractivity contribution in [2.24, 2.45) is 0 Å². The number of aromatic amines is 1. The number of rotatable bonds is 3. The van der Waals surface area contributed by atoms with E-state index in [1.807, 2.05) is 0 Å². The van der Waals surface area contributed by atoms with Crippen molar-refractivity contribution in [1.29, 1.82) is 0 Å². The molecule has 0 amide bonds. The van der Waals surface area contributed by atoms with Crippen molar-refractivity contribution in [3.05, 3.63) is 44.5 Å². The number of aromatic nitrogens is 1. The van der Waals surface area contributed by atoms with Gasteiger partial charge in [0.1, 0.15) is 0 Å². The van der Waals surface area contributed by atoms with E-state index >= 15 is 0 Å². The summed E-state index contributed by atoms with van der Waals surface area (Å²) in [7, 11) is 0. The summed E-state index contributed by atoms with van der Waals surface area (Å²) in [5.41, 5.74) is -0.202. The van der Waals surface area contributed by atoms with Crippen LogP contribution in [-0.4, -0.2) is 16.1 Å². The predicted molar refractivity (Wildman–Crippen MR) is 62.3 cm³/mol. The highest BCUT2D eigenvalue weighted by atomic mass is 32.1. The van der Waals surface area contributed by atoms with E-state index in [0.717, 1.165) is 17.4 Å². The molecule has 2 aromatic heterocycles. The highest BCUT2D eigenvalue weighted by Crippen LogP contribution is 2.32. The fourth-order valence-corrected chi connectivity index (χ4v) is 2.25. The molecular formula is C11H7F2NO3S. The Labute approximate surface area is 104 Å². The number of alkyl halides is 2. The van der Waals surface area contributed by atoms with Gasteiger partial charge in [-0.25, -0.2) is 13.6 Å². The Bertz CT molecular complexity index is 648. The maximum absolute atomic E-state index is 12.5. The molecule has 18 heavy (non-hydrogen) atoms. The Morgan fingerprint density at radius 3 is 2.67 bits per heavy atom. The molecule has 0 spiro atoms. The lowest BCUT2D eigenvalue weighted by atomic mass is 10.1. The predicted octanol–water partition coefficient (Wildman–Crippen LogP) is 2.74. The molecule has 0 bridgehead atoms. The SMILES string of the molecule is O=C(O)c1cc(=O)[nH]cc1-c1csc(C(F)F)c1. The van der Waals surface area contributed by atoms with Crippen LogP contribution in [0.5, 0.6) is 0 Å². The van der Waals surface area contributed by atoms with Crippen molar-refractivity contribution >= 4 is 17.3 Å². The van der Waals surface area contributed by atoms with Crippen LogP contribution in [0.1, 0.15) is 21.7 Å². The summed E-state index contributed by atoms with van der Waals surface area (Å²) in [5.74, 6) is -1.28. The van der Waals surface area contributed by atoms with Gasteiger partial charge in [-0.1, -0.05) is 0 Å². The quantitative estimate of drug-likeness (QED) is 0.901. The van der Waals surface area contributed by atoms with Crippen molar-refractivity contribution in [2.45, 2.75) is 6.43 Å².